The molecular formula is C20H20FN3O4. The number of benzene rings is 2. The van der Waals surface area contributed by atoms with Crippen LogP contribution in [0.3, 0.4) is 0 Å². The van der Waals surface area contributed by atoms with Crippen molar-refractivity contribution < 1.29 is 23.5 Å². The second kappa shape index (κ2) is 7.75. The number of amides is 3. The second-order valence-corrected chi connectivity index (χ2v) is 6.59. The van der Waals surface area contributed by atoms with Gasteiger partial charge in [0.05, 0.1) is 0 Å². The van der Waals surface area contributed by atoms with Gasteiger partial charge in [0.25, 0.3) is 0 Å². The predicted molar refractivity (Wildman–Crippen MR) is 100.0 cm³/mol. The van der Waals surface area contributed by atoms with Crippen molar-refractivity contribution in [3.63, 3.8) is 0 Å². The van der Waals surface area contributed by atoms with Gasteiger partial charge in [0.1, 0.15) is 25.6 Å². The lowest BCUT2D eigenvalue weighted by atomic mass is 10.2. The van der Waals surface area contributed by atoms with E-state index in [1.165, 1.54) is 17.0 Å². The molecule has 1 fully saturated rings. The van der Waals surface area contributed by atoms with Crippen LogP contribution in [0.25, 0.3) is 0 Å². The molecule has 2 aliphatic rings. The van der Waals surface area contributed by atoms with E-state index in [2.05, 4.69) is 5.32 Å². The molecule has 0 atom stereocenters. The maximum Gasteiger partial charge on any atom is 0.325 e. The molecule has 2 heterocycles. The van der Waals surface area contributed by atoms with Crippen molar-refractivity contribution in [2.24, 2.45) is 0 Å². The molecule has 146 valence electrons. The molecule has 0 unspecified atom stereocenters. The van der Waals surface area contributed by atoms with E-state index in [1.54, 1.807) is 29.2 Å². The van der Waals surface area contributed by atoms with E-state index in [9.17, 15) is 14.0 Å². The van der Waals surface area contributed by atoms with Gasteiger partial charge in [-0.15, -0.1) is 0 Å². The van der Waals surface area contributed by atoms with Crippen LogP contribution in [0.5, 0.6) is 11.5 Å². The van der Waals surface area contributed by atoms with Gasteiger partial charge in [-0.2, -0.15) is 0 Å². The number of hydrogen-bond donors (Lipinski definition) is 1. The molecule has 0 spiro atoms. The van der Waals surface area contributed by atoms with Crippen molar-refractivity contribution in [2.75, 3.05) is 37.7 Å². The molecule has 3 amide bonds. The van der Waals surface area contributed by atoms with E-state index in [0.29, 0.717) is 43.5 Å². The van der Waals surface area contributed by atoms with Crippen molar-refractivity contribution in [3.05, 3.63) is 53.8 Å². The number of anilines is 1. The topological polar surface area (TPSA) is 71.1 Å². The van der Waals surface area contributed by atoms with Crippen LogP contribution in [0.1, 0.15) is 5.56 Å². The Labute approximate surface area is 161 Å². The first-order chi connectivity index (χ1) is 13.6. The predicted octanol–water partition coefficient (Wildman–Crippen LogP) is 2.16. The Balaban J connectivity index is 1.33. The maximum atomic E-state index is 12.9. The minimum atomic E-state index is -0.322. The zero-order valence-electron chi connectivity index (χ0n) is 15.2. The van der Waals surface area contributed by atoms with Gasteiger partial charge in [0.15, 0.2) is 11.5 Å². The van der Waals surface area contributed by atoms with E-state index in [0.717, 1.165) is 5.56 Å². The summed E-state index contributed by atoms with van der Waals surface area (Å²) in [5, 5.41) is 2.75. The molecule has 0 bridgehead atoms. The molecule has 2 aromatic rings. The van der Waals surface area contributed by atoms with Crippen molar-refractivity contribution in [1.29, 1.82) is 0 Å². The number of hydrogen-bond acceptors (Lipinski definition) is 4. The summed E-state index contributed by atoms with van der Waals surface area (Å²) in [4.78, 5) is 28.0. The molecule has 4 rings (SSSR count). The molecular weight excluding hydrogens is 365 g/mol. The average molecular weight is 385 g/mol. The van der Waals surface area contributed by atoms with Crippen LogP contribution in [-0.4, -0.2) is 49.7 Å². The van der Waals surface area contributed by atoms with E-state index in [4.69, 9.17) is 9.47 Å². The van der Waals surface area contributed by atoms with E-state index in [1.807, 2.05) is 6.07 Å². The monoisotopic (exact) mass is 385 g/mol. The highest BCUT2D eigenvalue weighted by Gasteiger charge is 2.31. The number of carbonyl (C=O) groups is 2. The normalized spacial score (nSPS) is 15.7. The summed E-state index contributed by atoms with van der Waals surface area (Å²) in [6.45, 7) is 2.19. The highest BCUT2D eigenvalue weighted by molar-refractivity contribution is 5.96. The smallest absolute Gasteiger partial charge is 0.325 e. The number of ether oxygens (including phenoxy) is 2. The van der Waals surface area contributed by atoms with E-state index < -0.39 is 0 Å². The standard InChI is InChI=1S/C20H20FN3O4/c21-15-3-1-14(2-4-15)12-22-19(25)13-23-7-8-24(20(23)26)16-5-6-17-18(11-16)28-10-9-27-17/h1-6,11H,7-10,12-13H2,(H,22,25). The van der Waals surface area contributed by atoms with Crippen LogP contribution in [0.15, 0.2) is 42.5 Å². The average Bonchev–Trinajstić information content (AvgIpc) is 3.07. The number of halogens is 1. The summed E-state index contributed by atoms with van der Waals surface area (Å²) < 4.78 is 24.0. The van der Waals surface area contributed by atoms with Gasteiger partial charge >= 0.3 is 6.03 Å². The Morgan fingerprint density at radius 1 is 1.04 bits per heavy atom. The summed E-state index contributed by atoms with van der Waals surface area (Å²) in [5.74, 6) is 0.699. The highest BCUT2D eigenvalue weighted by Crippen LogP contribution is 2.34. The van der Waals surface area contributed by atoms with E-state index in [-0.39, 0.29) is 30.8 Å². The molecule has 0 aliphatic carbocycles. The Morgan fingerprint density at radius 3 is 2.57 bits per heavy atom. The molecule has 28 heavy (non-hydrogen) atoms. The molecule has 0 saturated carbocycles. The first-order valence-corrected chi connectivity index (χ1v) is 9.07. The summed E-state index contributed by atoms with van der Waals surface area (Å²) in [6.07, 6.45) is 0. The second-order valence-electron chi connectivity index (χ2n) is 6.59. The van der Waals surface area contributed by atoms with Gasteiger partial charge < -0.3 is 19.7 Å². The number of rotatable bonds is 5. The molecule has 2 aliphatic heterocycles. The van der Waals surface area contributed by atoms with Crippen LogP contribution in [0, 0.1) is 5.82 Å². The van der Waals surface area contributed by atoms with Gasteiger partial charge in [0, 0.05) is 31.4 Å². The number of nitrogens with zero attached hydrogens (tertiary/aromatic N) is 2. The fourth-order valence-electron chi connectivity index (χ4n) is 3.20. The van der Waals surface area contributed by atoms with Crippen LogP contribution < -0.4 is 19.7 Å². The molecule has 0 aromatic heterocycles. The quantitative estimate of drug-likeness (QED) is 0.856. The minimum Gasteiger partial charge on any atom is -0.486 e. The lowest BCUT2D eigenvalue weighted by molar-refractivity contribution is -0.121. The van der Waals surface area contributed by atoms with Gasteiger partial charge in [0.2, 0.25) is 5.91 Å². The summed E-state index contributed by atoms with van der Waals surface area (Å²) in [6, 6.07) is 11.1. The molecule has 7 nitrogen and oxygen atoms in total. The third-order valence-electron chi connectivity index (χ3n) is 4.67. The molecule has 1 N–H and O–H groups in total. The maximum absolute atomic E-state index is 12.9. The van der Waals surface area contributed by atoms with Crippen molar-refractivity contribution >= 4 is 17.6 Å². The van der Waals surface area contributed by atoms with Crippen molar-refractivity contribution in [1.82, 2.24) is 10.2 Å². The molecule has 1 saturated heterocycles. The van der Waals surface area contributed by atoms with Crippen LogP contribution in [0.2, 0.25) is 0 Å². The Kier molecular flexibility index (Phi) is 5.01. The third-order valence-corrected chi connectivity index (χ3v) is 4.67. The van der Waals surface area contributed by atoms with Gasteiger partial charge in [-0.1, -0.05) is 12.1 Å². The fraction of sp³-hybridized carbons (Fsp3) is 0.300. The SMILES string of the molecule is O=C(CN1CCN(c2ccc3c(c2)OCCO3)C1=O)NCc1ccc(F)cc1. The highest BCUT2D eigenvalue weighted by atomic mass is 19.1. The lowest BCUT2D eigenvalue weighted by Gasteiger charge is -2.22. The Bertz CT molecular complexity index is 888. The van der Waals surface area contributed by atoms with Crippen molar-refractivity contribution in [3.8, 4) is 11.5 Å². The largest absolute Gasteiger partial charge is 0.486 e. The van der Waals surface area contributed by atoms with Crippen LogP contribution in [-0.2, 0) is 11.3 Å². The summed E-state index contributed by atoms with van der Waals surface area (Å²) in [5.41, 5.74) is 1.50. The number of urea groups is 1. The zero-order chi connectivity index (χ0) is 19.5. The summed E-state index contributed by atoms with van der Waals surface area (Å²) >= 11 is 0. The van der Waals surface area contributed by atoms with Crippen LogP contribution >= 0.6 is 0 Å². The minimum absolute atomic E-state index is 0.0267. The van der Waals surface area contributed by atoms with Gasteiger partial charge in [-0.25, -0.2) is 9.18 Å². The van der Waals surface area contributed by atoms with Gasteiger partial charge in [-0.3, -0.25) is 9.69 Å². The molecule has 8 heteroatoms. The number of fused-ring (bicyclic) bond motifs is 1. The third kappa shape index (κ3) is 3.85. The molecule has 0 radical (unpaired) electrons. The van der Waals surface area contributed by atoms with E-state index >= 15 is 0 Å². The first-order valence-electron chi connectivity index (χ1n) is 9.07. The lowest BCUT2D eigenvalue weighted by Crippen LogP contribution is -2.39. The first kappa shape index (κ1) is 18.1. The number of carbonyl (C=O) groups excluding carboxylic acids is 2. The summed E-state index contributed by atoms with van der Waals surface area (Å²) in [7, 11) is 0. The Morgan fingerprint density at radius 2 is 1.79 bits per heavy atom. The van der Waals surface area contributed by atoms with Crippen molar-refractivity contribution in [2.45, 2.75) is 6.54 Å². The van der Waals surface area contributed by atoms with Crippen LogP contribution in [0.4, 0.5) is 14.9 Å². The Hall–Kier alpha value is -3.29. The zero-order valence-corrected chi connectivity index (χ0v) is 15.2. The molecule has 2 aromatic carbocycles. The number of nitrogens with one attached hydrogen (secondary N) is 1. The van der Waals surface area contributed by atoms with Gasteiger partial charge in [-0.05, 0) is 29.8 Å². The fourth-order valence-corrected chi connectivity index (χ4v) is 3.20.